The van der Waals surface area contributed by atoms with Crippen LogP contribution in [0.2, 0.25) is 10.0 Å². The highest BCUT2D eigenvalue weighted by Gasteiger charge is 2.16. The molecule has 0 bridgehead atoms. The van der Waals surface area contributed by atoms with Crippen LogP contribution < -0.4 is 10.7 Å². The Kier molecular flexibility index (Phi) is 5.78. The zero-order valence-electron chi connectivity index (χ0n) is 13.8. The van der Waals surface area contributed by atoms with Crippen molar-refractivity contribution in [3.63, 3.8) is 0 Å². The monoisotopic (exact) mass is 405 g/mol. The molecule has 0 fully saturated rings. The summed E-state index contributed by atoms with van der Waals surface area (Å²) >= 11 is 11.8. The zero-order chi connectivity index (χ0) is 19.4. The first-order chi connectivity index (χ1) is 12.9. The van der Waals surface area contributed by atoms with Crippen LogP contribution in [0.25, 0.3) is 11.0 Å². The van der Waals surface area contributed by atoms with Gasteiger partial charge in [0, 0.05) is 22.7 Å². The second-order valence-corrected chi connectivity index (χ2v) is 6.40. The van der Waals surface area contributed by atoms with Gasteiger partial charge in [-0.2, -0.15) is 0 Å². The van der Waals surface area contributed by atoms with Gasteiger partial charge in [0.05, 0.1) is 5.39 Å². The normalized spacial score (nSPS) is 10.6. The minimum Gasteiger partial charge on any atom is -0.450 e. The van der Waals surface area contributed by atoms with E-state index < -0.39 is 23.9 Å². The molecule has 8 heteroatoms. The number of halogens is 2. The maximum atomic E-state index is 12.1. The second kappa shape index (κ2) is 8.24. The Labute approximate surface area is 163 Å². The van der Waals surface area contributed by atoms with Crippen LogP contribution in [0.4, 0.5) is 0 Å². The molecule has 27 heavy (non-hydrogen) atoms. The minimum absolute atomic E-state index is 0.196. The molecule has 0 aliphatic carbocycles. The van der Waals surface area contributed by atoms with E-state index in [0.29, 0.717) is 10.0 Å². The molecule has 6 nitrogen and oxygen atoms in total. The van der Waals surface area contributed by atoms with Crippen LogP contribution in [0.5, 0.6) is 0 Å². The summed E-state index contributed by atoms with van der Waals surface area (Å²) in [5.41, 5.74) is 0.494. The first-order valence-corrected chi connectivity index (χ1v) is 8.60. The van der Waals surface area contributed by atoms with Gasteiger partial charge >= 0.3 is 5.97 Å². The first-order valence-electron chi connectivity index (χ1n) is 7.84. The summed E-state index contributed by atoms with van der Waals surface area (Å²) in [4.78, 5) is 36.0. The molecule has 0 aliphatic rings. The SMILES string of the molecule is O=C(COC(=O)c1cc(=O)c2cc(Cl)ccc2o1)NCc1ccccc1Cl. The number of fused-ring (bicyclic) bond motifs is 1. The third-order valence-electron chi connectivity index (χ3n) is 3.66. The van der Waals surface area contributed by atoms with Crippen molar-refractivity contribution < 1.29 is 18.7 Å². The molecule has 0 radical (unpaired) electrons. The van der Waals surface area contributed by atoms with Gasteiger partial charge in [0.2, 0.25) is 5.76 Å². The van der Waals surface area contributed by atoms with Crippen molar-refractivity contribution in [2.45, 2.75) is 6.54 Å². The lowest BCUT2D eigenvalue weighted by Gasteiger charge is -2.08. The fourth-order valence-electron chi connectivity index (χ4n) is 2.32. The smallest absolute Gasteiger partial charge is 0.374 e. The lowest BCUT2D eigenvalue weighted by Crippen LogP contribution is -2.28. The number of ether oxygens (including phenoxy) is 1. The number of carbonyl (C=O) groups excluding carboxylic acids is 2. The van der Waals surface area contributed by atoms with E-state index in [0.717, 1.165) is 11.6 Å². The third-order valence-corrected chi connectivity index (χ3v) is 4.26. The van der Waals surface area contributed by atoms with E-state index in [9.17, 15) is 14.4 Å². The van der Waals surface area contributed by atoms with Crippen LogP contribution in [0.15, 0.2) is 57.7 Å². The molecule has 0 spiro atoms. The summed E-state index contributed by atoms with van der Waals surface area (Å²) in [6, 6.07) is 12.5. The van der Waals surface area contributed by atoms with E-state index in [1.165, 1.54) is 18.2 Å². The largest absolute Gasteiger partial charge is 0.450 e. The van der Waals surface area contributed by atoms with Crippen molar-refractivity contribution in [2.75, 3.05) is 6.61 Å². The lowest BCUT2D eigenvalue weighted by molar-refractivity contribution is -0.124. The van der Waals surface area contributed by atoms with Gasteiger partial charge in [-0.25, -0.2) is 4.79 Å². The number of amides is 1. The van der Waals surface area contributed by atoms with Crippen LogP contribution >= 0.6 is 23.2 Å². The van der Waals surface area contributed by atoms with Crippen molar-refractivity contribution in [1.82, 2.24) is 5.32 Å². The summed E-state index contributed by atoms with van der Waals surface area (Å²) in [7, 11) is 0. The molecule has 2 aromatic carbocycles. The Balaban J connectivity index is 1.61. The number of benzene rings is 2. The van der Waals surface area contributed by atoms with E-state index in [-0.39, 0.29) is 23.3 Å². The van der Waals surface area contributed by atoms with E-state index in [4.69, 9.17) is 32.4 Å². The van der Waals surface area contributed by atoms with E-state index in [1.807, 2.05) is 0 Å². The van der Waals surface area contributed by atoms with Crippen LogP contribution in [0.1, 0.15) is 16.1 Å². The highest BCUT2D eigenvalue weighted by atomic mass is 35.5. The van der Waals surface area contributed by atoms with Gasteiger partial charge in [0.15, 0.2) is 12.0 Å². The van der Waals surface area contributed by atoms with Gasteiger partial charge in [0.25, 0.3) is 5.91 Å². The predicted molar refractivity (Wildman–Crippen MR) is 101 cm³/mol. The lowest BCUT2D eigenvalue weighted by atomic mass is 10.2. The van der Waals surface area contributed by atoms with Gasteiger partial charge in [-0.15, -0.1) is 0 Å². The molecular formula is C19H13Cl2NO5. The van der Waals surface area contributed by atoms with Crippen molar-refractivity contribution in [2.24, 2.45) is 0 Å². The van der Waals surface area contributed by atoms with Crippen molar-refractivity contribution in [3.8, 4) is 0 Å². The Morgan fingerprint density at radius 3 is 2.63 bits per heavy atom. The number of rotatable bonds is 5. The maximum absolute atomic E-state index is 12.1. The number of esters is 1. The number of hydrogen-bond acceptors (Lipinski definition) is 5. The van der Waals surface area contributed by atoms with Gasteiger partial charge in [0.1, 0.15) is 5.58 Å². The summed E-state index contributed by atoms with van der Waals surface area (Å²) in [5, 5.41) is 3.73. The highest BCUT2D eigenvalue weighted by molar-refractivity contribution is 6.31. The van der Waals surface area contributed by atoms with Gasteiger partial charge in [-0.05, 0) is 29.8 Å². The number of nitrogens with one attached hydrogen (secondary N) is 1. The molecule has 1 aromatic heterocycles. The van der Waals surface area contributed by atoms with E-state index >= 15 is 0 Å². The molecule has 0 aliphatic heterocycles. The van der Waals surface area contributed by atoms with Gasteiger partial charge in [-0.1, -0.05) is 41.4 Å². The molecule has 0 atom stereocenters. The topological polar surface area (TPSA) is 85.6 Å². The second-order valence-electron chi connectivity index (χ2n) is 5.56. The molecule has 0 saturated heterocycles. The first kappa shape index (κ1) is 18.9. The van der Waals surface area contributed by atoms with E-state index in [2.05, 4.69) is 5.32 Å². The Bertz CT molecular complexity index is 1080. The summed E-state index contributed by atoms with van der Waals surface area (Å²) in [6.45, 7) is -0.326. The quantitative estimate of drug-likeness (QED) is 0.655. The van der Waals surface area contributed by atoms with Crippen LogP contribution in [0, 0.1) is 0 Å². The molecule has 0 saturated carbocycles. The van der Waals surface area contributed by atoms with Crippen molar-refractivity contribution in [1.29, 1.82) is 0 Å². The Morgan fingerprint density at radius 1 is 1.07 bits per heavy atom. The molecular weight excluding hydrogens is 393 g/mol. The molecule has 1 N–H and O–H groups in total. The summed E-state index contributed by atoms with van der Waals surface area (Å²) < 4.78 is 10.2. The van der Waals surface area contributed by atoms with Crippen molar-refractivity contribution >= 4 is 46.0 Å². The molecule has 1 amide bonds. The average molecular weight is 406 g/mol. The maximum Gasteiger partial charge on any atom is 0.374 e. The third kappa shape index (κ3) is 4.67. The molecule has 3 aromatic rings. The standard InChI is InChI=1S/C19H13Cl2NO5/c20-12-5-6-16-13(7-12)15(23)8-17(27-16)19(25)26-10-18(24)22-9-11-3-1-2-4-14(11)21/h1-8H,9-10H2,(H,22,24). The van der Waals surface area contributed by atoms with Crippen LogP contribution in [0.3, 0.4) is 0 Å². The van der Waals surface area contributed by atoms with Gasteiger partial charge < -0.3 is 14.5 Å². The Morgan fingerprint density at radius 2 is 1.85 bits per heavy atom. The minimum atomic E-state index is -0.920. The average Bonchev–Trinajstić information content (AvgIpc) is 2.65. The highest BCUT2D eigenvalue weighted by Crippen LogP contribution is 2.18. The number of hydrogen-bond donors (Lipinski definition) is 1. The molecule has 138 valence electrons. The number of carbonyl (C=O) groups is 2. The van der Waals surface area contributed by atoms with Crippen LogP contribution in [-0.4, -0.2) is 18.5 Å². The summed E-state index contributed by atoms with van der Waals surface area (Å²) in [6.07, 6.45) is 0. The fourth-order valence-corrected chi connectivity index (χ4v) is 2.69. The van der Waals surface area contributed by atoms with Gasteiger partial charge in [-0.3, -0.25) is 9.59 Å². The zero-order valence-corrected chi connectivity index (χ0v) is 15.3. The molecule has 0 unspecified atom stereocenters. The molecule has 3 rings (SSSR count). The summed E-state index contributed by atoms with van der Waals surface area (Å²) in [5.74, 6) is -1.73. The predicted octanol–water partition coefficient (Wildman–Crippen LogP) is 3.57. The van der Waals surface area contributed by atoms with Crippen molar-refractivity contribution in [3.05, 3.63) is 80.1 Å². The fraction of sp³-hybridized carbons (Fsp3) is 0.105. The van der Waals surface area contributed by atoms with E-state index in [1.54, 1.807) is 24.3 Å². The molecule has 1 heterocycles. The van der Waals surface area contributed by atoms with Crippen LogP contribution in [-0.2, 0) is 16.1 Å². The Hall–Kier alpha value is -2.83.